The number of anilines is 2. The van der Waals surface area contributed by atoms with Crippen molar-refractivity contribution in [3.05, 3.63) is 91.9 Å². The standard InChI is InChI=1S/C17H16ClNO.C7H7Cl2N3O/c1-10-3-5-13(11(2)7-10)16-9-17(20)14-8-12(18)4-6-15(14)19-16;8-4-1-2-6(5(9)3-4)11-7(13)12-10/h3-8,16,19H,9H2,1-2H3;1-3H,10H2,(H2,11,12,13). The van der Waals surface area contributed by atoms with Gasteiger partial charge >= 0.3 is 6.03 Å². The molecule has 33 heavy (non-hydrogen) atoms. The summed E-state index contributed by atoms with van der Waals surface area (Å²) in [7, 11) is 0. The minimum atomic E-state index is -0.538. The van der Waals surface area contributed by atoms with Crippen LogP contribution in [-0.4, -0.2) is 11.8 Å². The summed E-state index contributed by atoms with van der Waals surface area (Å²) < 4.78 is 0. The van der Waals surface area contributed by atoms with Gasteiger partial charge in [-0.05, 0) is 61.4 Å². The minimum Gasteiger partial charge on any atom is -0.377 e. The molecule has 4 rings (SSSR count). The van der Waals surface area contributed by atoms with Crippen LogP contribution >= 0.6 is 34.8 Å². The molecule has 3 aromatic rings. The quantitative estimate of drug-likeness (QED) is 0.177. The number of hydrogen-bond donors (Lipinski definition) is 4. The second kappa shape index (κ2) is 10.9. The number of Topliss-reactive ketones (excluding diaryl/α,β-unsaturated/α-hetero) is 1. The Morgan fingerprint density at radius 2 is 1.70 bits per heavy atom. The third-order valence-corrected chi connectivity index (χ3v) is 5.90. The molecule has 1 unspecified atom stereocenters. The first-order chi connectivity index (χ1) is 15.7. The molecular formula is C24H23Cl3N4O2. The Hall–Kier alpha value is -2.77. The third-order valence-electron chi connectivity index (χ3n) is 5.11. The van der Waals surface area contributed by atoms with E-state index in [9.17, 15) is 9.59 Å². The van der Waals surface area contributed by atoms with E-state index in [2.05, 4.69) is 42.7 Å². The SMILES string of the molecule is Cc1ccc(C2CC(=O)c3cc(Cl)ccc3N2)c(C)c1.NNC(=O)Nc1ccc(Cl)cc1Cl. The highest BCUT2D eigenvalue weighted by molar-refractivity contribution is 6.36. The Morgan fingerprint density at radius 1 is 1.00 bits per heavy atom. The lowest BCUT2D eigenvalue weighted by molar-refractivity contribution is 0.0972. The molecule has 0 radical (unpaired) electrons. The van der Waals surface area contributed by atoms with Crippen molar-refractivity contribution in [1.82, 2.24) is 5.43 Å². The van der Waals surface area contributed by atoms with Gasteiger partial charge in [0.15, 0.2) is 5.78 Å². The molecule has 0 fully saturated rings. The van der Waals surface area contributed by atoms with Gasteiger partial charge in [0, 0.05) is 27.7 Å². The lowest BCUT2D eigenvalue weighted by Gasteiger charge is -2.27. The maximum Gasteiger partial charge on any atom is 0.333 e. The fourth-order valence-electron chi connectivity index (χ4n) is 3.56. The first kappa shape index (κ1) is 24.9. The third kappa shape index (κ3) is 6.39. The van der Waals surface area contributed by atoms with Crippen molar-refractivity contribution >= 4 is 58.0 Å². The number of hydrogen-bond acceptors (Lipinski definition) is 4. The molecular weight excluding hydrogens is 483 g/mol. The molecule has 0 bridgehead atoms. The van der Waals surface area contributed by atoms with Crippen molar-refractivity contribution in [3.8, 4) is 0 Å². The van der Waals surface area contributed by atoms with Crippen LogP contribution in [0.25, 0.3) is 0 Å². The average Bonchev–Trinajstić information content (AvgIpc) is 2.76. The van der Waals surface area contributed by atoms with Crippen molar-refractivity contribution in [1.29, 1.82) is 0 Å². The van der Waals surface area contributed by atoms with E-state index in [-0.39, 0.29) is 11.8 Å². The maximum atomic E-state index is 12.3. The predicted octanol–water partition coefficient (Wildman–Crippen LogP) is 6.69. The summed E-state index contributed by atoms with van der Waals surface area (Å²) in [6.07, 6.45) is 0.469. The van der Waals surface area contributed by atoms with Crippen molar-refractivity contribution in [2.45, 2.75) is 26.3 Å². The number of carbonyl (C=O) groups is 2. The van der Waals surface area contributed by atoms with Crippen LogP contribution < -0.4 is 21.9 Å². The maximum absolute atomic E-state index is 12.3. The van der Waals surface area contributed by atoms with E-state index in [1.165, 1.54) is 22.8 Å². The summed E-state index contributed by atoms with van der Waals surface area (Å²) >= 11 is 17.4. The monoisotopic (exact) mass is 504 g/mol. The van der Waals surface area contributed by atoms with Crippen molar-refractivity contribution in [2.75, 3.05) is 10.6 Å². The highest BCUT2D eigenvalue weighted by Gasteiger charge is 2.26. The Balaban J connectivity index is 0.000000205. The molecule has 0 saturated heterocycles. The number of halogens is 3. The van der Waals surface area contributed by atoms with Crippen LogP contribution in [0, 0.1) is 13.8 Å². The fourth-order valence-corrected chi connectivity index (χ4v) is 4.19. The van der Waals surface area contributed by atoms with Crippen LogP contribution in [0.2, 0.25) is 15.1 Å². The summed E-state index contributed by atoms with van der Waals surface area (Å²) in [4.78, 5) is 23.1. The van der Waals surface area contributed by atoms with Crippen LogP contribution in [0.4, 0.5) is 16.2 Å². The smallest absolute Gasteiger partial charge is 0.333 e. The van der Waals surface area contributed by atoms with E-state index in [1.54, 1.807) is 18.2 Å². The lowest BCUT2D eigenvalue weighted by atomic mass is 9.90. The first-order valence-corrected chi connectivity index (χ1v) is 11.2. The number of nitrogens with two attached hydrogens (primary N) is 1. The van der Waals surface area contributed by atoms with Crippen LogP contribution in [0.5, 0.6) is 0 Å². The van der Waals surface area contributed by atoms with Gasteiger partial charge in [0.1, 0.15) is 0 Å². The number of nitrogens with one attached hydrogen (secondary N) is 3. The number of hydrazine groups is 1. The number of amides is 2. The van der Waals surface area contributed by atoms with Crippen LogP contribution in [0.1, 0.15) is 39.5 Å². The summed E-state index contributed by atoms with van der Waals surface area (Å²) in [6.45, 7) is 4.17. The fraction of sp³-hybridized carbons (Fsp3) is 0.167. The Bertz CT molecular complexity index is 1200. The first-order valence-electron chi connectivity index (χ1n) is 10.1. The van der Waals surface area contributed by atoms with Gasteiger partial charge in [0.2, 0.25) is 0 Å². The summed E-state index contributed by atoms with van der Waals surface area (Å²) in [5.74, 6) is 5.01. The van der Waals surface area contributed by atoms with Gasteiger partial charge in [-0.25, -0.2) is 10.6 Å². The molecule has 1 aliphatic rings. The molecule has 0 aromatic heterocycles. The zero-order chi connectivity index (χ0) is 24.1. The van der Waals surface area contributed by atoms with E-state index in [0.29, 0.717) is 32.7 Å². The number of ketones is 1. The molecule has 1 atom stereocenters. The highest BCUT2D eigenvalue weighted by atomic mass is 35.5. The van der Waals surface area contributed by atoms with E-state index in [4.69, 9.17) is 40.6 Å². The van der Waals surface area contributed by atoms with Crippen molar-refractivity contribution < 1.29 is 9.59 Å². The Labute approximate surface area is 207 Å². The number of rotatable bonds is 2. The second-order valence-corrected chi connectivity index (χ2v) is 8.88. The number of carbonyl (C=O) groups excluding carboxylic acids is 2. The molecule has 6 nitrogen and oxygen atoms in total. The number of aryl methyl sites for hydroxylation is 2. The van der Waals surface area contributed by atoms with E-state index in [1.807, 2.05) is 17.6 Å². The minimum absolute atomic E-state index is 0.0387. The lowest BCUT2D eigenvalue weighted by Crippen LogP contribution is -2.34. The molecule has 5 N–H and O–H groups in total. The molecule has 0 aliphatic carbocycles. The summed E-state index contributed by atoms with van der Waals surface area (Å²) in [5, 5.41) is 7.33. The largest absolute Gasteiger partial charge is 0.377 e. The van der Waals surface area contributed by atoms with Crippen molar-refractivity contribution in [3.63, 3.8) is 0 Å². The topological polar surface area (TPSA) is 96.2 Å². The van der Waals surface area contributed by atoms with Gasteiger partial charge in [-0.15, -0.1) is 0 Å². The van der Waals surface area contributed by atoms with Gasteiger partial charge in [0.25, 0.3) is 0 Å². The van der Waals surface area contributed by atoms with Crippen LogP contribution in [0.3, 0.4) is 0 Å². The van der Waals surface area contributed by atoms with Gasteiger partial charge in [-0.2, -0.15) is 0 Å². The predicted molar refractivity (Wildman–Crippen MR) is 135 cm³/mol. The molecule has 2 amide bonds. The summed E-state index contributed by atoms with van der Waals surface area (Å²) in [5.41, 5.74) is 7.57. The molecule has 9 heteroatoms. The van der Waals surface area contributed by atoms with E-state index in [0.717, 1.165) is 5.69 Å². The van der Waals surface area contributed by atoms with E-state index < -0.39 is 6.03 Å². The van der Waals surface area contributed by atoms with Gasteiger partial charge in [-0.3, -0.25) is 10.2 Å². The van der Waals surface area contributed by atoms with Gasteiger partial charge < -0.3 is 10.6 Å². The zero-order valence-corrected chi connectivity index (χ0v) is 20.3. The van der Waals surface area contributed by atoms with Crippen LogP contribution in [-0.2, 0) is 0 Å². The zero-order valence-electron chi connectivity index (χ0n) is 18.0. The number of benzene rings is 3. The van der Waals surface area contributed by atoms with Crippen LogP contribution in [0.15, 0.2) is 54.6 Å². The molecule has 1 aliphatic heterocycles. The normalized spacial score (nSPS) is 14.4. The van der Waals surface area contributed by atoms with Crippen molar-refractivity contribution in [2.24, 2.45) is 5.84 Å². The highest BCUT2D eigenvalue weighted by Crippen LogP contribution is 2.35. The second-order valence-electron chi connectivity index (χ2n) is 7.60. The molecule has 0 spiro atoms. The Morgan fingerprint density at radius 3 is 2.36 bits per heavy atom. The van der Waals surface area contributed by atoms with Gasteiger partial charge in [-0.1, -0.05) is 58.6 Å². The molecule has 3 aromatic carbocycles. The number of urea groups is 1. The number of fused-ring (bicyclic) bond motifs is 1. The molecule has 0 saturated carbocycles. The summed E-state index contributed by atoms with van der Waals surface area (Å²) in [6, 6.07) is 16.0. The molecule has 1 heterocycles. The van der Waals surface area contributed by atoms with E-state index >= 15 is 0 Å². The Kier molecular flexibility index (Phi) is 8.21. The van der Waals surface area contributed by atoms with Gasteiger partial charge in [0.05, 0.1) is 16.8 Å². The molecule has 172 valence electrons. The average molecular weight is 506 g/mol.